The summed E-state index contributed by atoms with van der Waals surface area (Å²) >= 11 is 1.70. The minimum Gasteiger partial charge on any atom is -0.454 e. The van der Waals surface area contributed by atoms with Gasteiger partial charge in [0, 0.05) is 43.7 Å². The Labute approximate surface area is 203 Å². The van der Waals surface area contributed by atoms with E-state index >= 15 is 0 Å². The van der Waals surface area contributed by atoms with Crippen molar-refractivity contribution in [2.45, 2.75) is 26.3 Å². The molecule has 2 aromatic carbocycles. The van der Waals surface area contributed by atoms with Gasteiger partial charge in [0.25, 0.3) is 0 Å². The number of piperazine rings is 1. The van der Waals surface area contributed by atoms with Crippen LogP contribution in [0.3, 0.4) is 0 Å². The fraction of sp³-hybridized carbons (Fsp3) is 0.333. The van der Waals surface area contributed by atoms with Crippen molar-refractivity contribution in [3.63, 3.8) is 0 Å². The number of ether oxygens (including phenoxy) is 2. The number of fused-ring (bicyclic) bond motifs is 2. The van der Waals surface area contributed by atoms with E-state index in [2.05, 4.69) is 70.4 Å². The molecule has 4 aromatic rings. The summed E-state index contributed by atoms with van der Waals surface area (Å²) in [6.45, 7) is 9.55. The first-order valence-electron chi connectivity index (χ1n) is 11.8. The van der Waals surface area contributed by atoms with Gasteiger partial charge in [-0.2, -0.15) is 0 Å². The molecular weight excluding hydrogens is 444 g/mol. The quantitative estimate of drug-likeness (QED) is 0.381. The van der Waals surface area contributed by atoms with Gasteiger partial charge < -0.3 is 14.4 Å². The second-order valence-corrected chi connectivity index (χ2v) is 10.1. The first-order valence-corrected chi connectivity index (χ1v) is 12.7. The summed E-state index contributed by atoms with van der Waals surface area (Å²) in [5.74, 6) is 3.27. The van der Waals surface area contributed by atoms with Gasteiger partial charge in [0.15, 0.2) is 11.5 Å². The molecular formula is C27H28N4O2S. The first kappa shape index (κ1) is 21.4. The second kappa shape index (κ2) is 8.89. The number of thiophene rings is 1. The maximum atomic E-state index is 5.54. The van der Waals surface area contributed by atoms with E-state index in [-0.39, 0.29) is 0 Å². The van der Waals surface area contributed by atoms with Crippen LogP contribution >= 0.6 is 11.3 Å². The lowest BCUT2D eigenvalue weighted by Gasteiger charge is -2.35. The van der Waals surface area contributed by atoms with E-state index in [4.69, 9.17) is 14.5 Å². The summed E-state index contributed by atoms with van der Waals surface area (Å²) in [6, 6.07) is 15.2. The summed E-state index contributed by atoms with van der Waals surface area (Å²) in [5.41, 5.74) is 5.08. The van der Waals surface area contributed by atoms with Crippen LogP contribution in [0.4, 0.5) is 5.82 Å². The largest absolute Gasteiger partial charge is 0.454 e. The molecule has 0 amide bonds. The number of anilines is 1. The van der Waals surface area contributed by atoms with Crippen LogP contribution in [-0.2, 0) is 6.54 Å². The first-order chi connectivity index (χ1) is 16.7. The van der Waals surface area contributed by atoms with E-state index < -0.39 is 0 Å². The van der Waals surface area contributed by atoms with Crippen LogP contribution in [0.5, 0.6) is 11.5 Å². The van der Waals surface area contributed by atoms with Crippen molar-refractivity contribution in [3.05, 3.63) is 65.3 Å². The second-order valence-electron chi connectivity index (χ2n) is 9.25. The lowest BCUT2D eigenvalue weighted by atomic mass is 9.99. The van der Waals surface area contributed by atoms with Crippen LogP contribution in [0.1, 0.15) is 30.9 Å². The molecule has 0 saturated carbocycles. The Bertz CT molecular complexity index is 1310. The van der Waals surface area contributed by atoms with Gasteiger partial charge in [-0.25, -0.2) is 9.97 Å². The van der Waals surface area contributed by atoms with Gasteiger partial charge >= 0.3 is 0 Å². The monoisotopic (exact) mass is 472 g/mol. The number of aromatic nitrogens is 2. The Morgan fingerprint density at radius 1 is 0.941 bits per heavy atom. The number of benzene rings is 2. The Kier molecular flexibility index (Phi) is 5.59. The average molecular weight is 473 g/mol. The molecule has 4 heterocycles. The molecule has 0 unspecified atom stereocenters. The lowest BCUT2D eigenvalue weighted by Crippen LogP contribution is -2.46. The molecule has 34 heavy (non-hydrogen) atoms. The van der Waals surface area contributed by atoms with Crippen LogP contribution in [-0.4, -0.2) is 47.8 Å². The zero-order chi connectivity index (χ0) is 23.1. The third kappa shape index (κ3) is 3.99. The highest BCUT2D eigenvalue weighted by molar-refractivity contribution is 7.17. The molecule has 0 aliphatic carbocycles. The van der Waals surface area contributed by atoms with Gasteiger partial charge in [0.1, 0.15) is 17.0 Å². The third-order valence-electron chi connectivity index (χ3n) is 6.75. The summed E-state index contributed by atoms with van der Waals surface area (Å²) in [7, 11) is 0. The predicted octanol–water partition coefficient (Wildman–Crippen LogP) is 5.53. The molecule has 1 fully saturated rings. The van der Waals surface area contributed by atoms with Gasteiger partial charge in [-0.15, -0.1) is 11.3 Å². The summed E-state index contributed by atoms with van der Waals surface area (Å²) in [5, 5.41) is 3.40. The third-order valence-corrected chi connectivity index (χ3v) is 7.64. The number of hydrogen-bond donors (Lipinski definition) is 0. The van der Waals surface area contributed by atoms with Crippen LogP contribution in [0.15, 0.2) is 54.2 Å². The summed E-state index contributed by atoms with van der Waals surface area (Å²) in [4.78, 5) is 15.3. The van der Waals surface area contributed by atoms with Crippen molar-refractivity contribution in [1.29, 1.82) is 0 Å². The standard InChI is InChI=1S/C27H28N4O2S/c1-18(2)20-4-6-21(7-5-20)22-15-34-27-25(22)26(28-16-29-27)31-11-9-30(10-12-31)14-19-3-8-23-24(13-19)33-17-32-23/h3-8,13,15-16,18H,9-12,14,17H2,1-2H3. The SMILES string of the molecule is CC(C)c1ccc(-c2csc3ncnc(N4CCN(Cc5ccc6c(c5)OCO6)CC4)c23)cc1. The van der Waals surface area contributed by atoms with Crippen LogP contribution < -0.4 is 14.4 Å². The maximum Gasteiger partial charge on any atom is 0.231 e. The molecule has 7 heteroatoms. The van der Waals surface area contributed by atoms with E-state index in [1.165, 1.54) is 27.6 Å². The van der Waals surface area contributed by atoms with Crippen molar-refractivity contribution in [2.24, 2.45) is 0 Å². The van der Waals surface area contributed by atoms with Crippen LogP contribution in [0, 0.1) is 0 Å². The smallest absolute Gasteiger partial charge is 0.231 e. The Balaban J connectivity index is 1.21. The van der Waals surface area contributed by atoms with Gasteiger partial charge in [-0.1, -0.05) is 44.2 Å². The van der Waals surface area contributed by atoms with Gasteiger partial charge in [-0.3, -0.25) is 4.90 Å². The zero-order valence-electron chi connectivity index (χ0n) is 19.5. The highest BCUT2D eigenvalue weighted by Gasteiger charge is 2.23. The van der Waals surface area contributed by atoms with Crippen molar-refractivity contribution in [3.8, 4) is 22.6 Å². The van der Waals surface area contributed by atoms with Crippen molar-refractivity contribution in [2.75, 3.05) is 37.9 Å². The van der Waals surface area contributed by atoms with Crippen molar-refractivity contribution >= 4 is 27.4 Å². The molecule has 2 aromatic heterocycles. The number of nitrogens with zero attached hydrogens (tertiary/aromatic N) is 4. The molecule has 2 aliphatic heterocycles. The molecule has 1 saturated heterocycles. The summed E-state index contributed by atoms with van der Waals surface area (Å²) in [6.07, 6.45) is 1.71. The van der Waals surface area contributed by atoms with Crippen LogP contribution in [0.25, 0.3) is 21.3 Å². The number of hydrogen-bond acceptors (Lipinski definition) is 7. The molecule has 6 nitrogen and oxygen atoms in total. The van der Waals surface area contributed by atoms with E-state index in [9.17, 15) is 0 Å². The minimum atomic E-state index is 0.317. The predicted molar refractivity (Wildman–Crippen MR) is 137 cm³/mol. The molecule has 174 valence electrons. The van der Waals surface area contributed by atoms with Gasteiger partial charge in [-0.05, 0) is 34.7 Å². The highest BCUT2D eigenvalue weighted by Crippen LogP contribution is 2.38. The van der Waals surface area contributed by atoms with E-state index in [1.807, 2.05) is 6.07 Å². The molecule has 0 N–H and O–H groups in total. The normalized spacial score (nSPS) is 16.0. The highest BCUT2D eigenvalue weighted by atomic mass is 32.1. The Hall–Kier alpha value is -3.16. The minimum absolute atomic E-state index is 0.317. The molecule has 2 aliphatic rings. The van der Waals surface area contributed by atoms with Crippen LogP contribution in [0.2, 0.25) is 0 Å². The summed E-state index contributed by atoms with van der Waals surface area (Å²) < 4.78 is 11.0. The number of rotatable bonds is 5. The fourth-order valence-electron chi connectivity index (χ4n) is 4.77. The topological polar surface area (TPSA) is 50.7 Å². The molecule has 0 atom stereocenters. The molecule has 0 radical (unpaired) electrons. The Morgan fingerprint density at radius 2 is 1.74 bits per heavy atom. The molecule has 0 spiro atoms. The molecule has 6 rings (SSSR count). The average Bonchev–Trinajstić information content (AvgIpc) is 3.51. The van der Waals surface area contributed by atoms with Crippen molar-refractivity contribution in [1.82, 2.24) is 14.9 Å². The van der Waals surface area contributed by atoms with Gasteiger partial charge in [0.05, 0.1) is 5.39 Å². The van der Waals surface area contributed by atoms with E-state index in [1.54, 1.807) is 17.7 Å². The van der Waals surface area contributed by atoms with E-state index in [0.29, 0.717) is 12.7 Å². The fourth-order valence-corrected chi connectivity index (χ4v) is 5.68. The lowest BCUT2D eigenvalue weighted by molar-refractivity contribution is 0.174. The molecule has 0 bridgehead atoms. The van der Waals surface area contributed by atoms with E-state index in [0.717, 1.165) is 54.9 Å². The Morgan fingerprint density at radius 3 is 2.53 bits per heavy atom. The maximum absolute atomic E-state index is 5.54. The zero-order valence-corrected chi connectivity index (χ0v) is 20.3. The van der Waals surface area contributed by atoms with Gasteiger partial charge in [0.2, 0.25) is 6.79 Å². The van der Waals surface area contributed by atoms with Crippen molar-refractivity contribution < 1.29 is 9.47 Å².